The Morgan fingerprint density at radius 1 is 1.44 bits per heavy atom. The Hall–Kier alpha value is -2.24. The largest absolute Gasteiger partial charge is 0.465 e. The number of para-hydroxylation sites is 1. The van der Waals surface area contributed by atoms with E-state index >= 15 is 0 Å². The number of anilines is 1. The van der Waals surface area contributed by atoms with E-state index in [1.807, 2.05) is 0 Å². The van der Waals surface area contributed by atoms with Crippen LogP contribution in [0.15, 0.2) is 29.4 Å². The highest BCUT2D eigenvalue weighted by atomic mass is 16.5. The average molecular weight is 248 g/mol. The summed E-state index contributed by atoms with van der Waals surface area (Å²) in [4.78, 5) is 35.3. The first kappa shape index (κ1) is 12.2. The molecular formula is C12H12N2O4. The number of rotatable bonds is 4. The molecule has 0 spiro atoms. The quantitative estimate of drug-likeness (QED) is 0.596. The van der Waals surface area contributed by atoms with Crippen LogP contribution >= 0.6 is 0 Å². The number of hydrogen-bond acceptors (Lipinski definition) is 5. The number of esters is 1. The van der Waals surface area contributed by atoms with Gasteiger partial charge in [0.25, 0.3) is 5.91 Å². The lowest BCUT2D eigenvalue weighted by Gasteiger charge is -2.15. The monoisotopic (exact) mass is 248 g/mol. The van der Waals surface area contributed by atoms with Crippen molar-refractivity contribution in [3.63, 3.8) is 0 Å². The predicted octanol–water partition coefficient (Wildman–Crippen LogP) is 1.40. The van der Waals surface area contributed by atoms with Crippen molar-refractivity contribution in [1.29, 1.82) is 0 Å². The summed E-state index contributed by atoms with van der Waals surface area (Å²) in [6.07, 6.45) is 0. The minimum absolute atomic E-state index is 0.199. The van der Waals surface area contributed by atoms with Crippen LogP contribution < -0.4 is 4.90 Å². The summed E-state index contributed by atoms with van der Waals surface area (Å²) >= 11 is 0. The number of benzene rings is 1. The highest BCUT2D eigenvalue weighted by Crippen LogP contribution is 2.37. The van der Waals surface area contributed by atoms with Crippen LogP contribution in [0.2, 0.25) is 0 Å². The smallest absolute Gasteiger partial charge is 0.326 e. The van der Waals surface area contributed by atoms with Crippen LogP contribution in [0.25, 0.3) is 0 Å². The molecule has 1 aromatic rings. The number of carbonyl (C=O) groups excluding carboxylic acids is 2. The number of hydrogen-bond donors (Lipinski definition) is 0. The van der Waals surface area contributed by atoms with Crippen LogP contribution in [-0.4, -0.2) is 25.0 Å². The summed E-state index contributed by atoms with van der Waals surface area (Å²) in [5.41, 5.74) is 1.07. The van der Waals surface area contributed by atoms with Crippen LogP contribution in [0.4, 0.5) is 5.69 Å². The van der Waals surface area contributed by atoms with Crippen molar-refractivity contribution in [1.82, 2.24) is 0 Å². The van der Waals surface area contributed by atoms with Crippen molar-refractivity contribution >= 4 is 17.6 Å². The van der Waals surface area contributed by atoms with Crippen LogP contribution in [0.3, 0.4) is 0 Å². The molecule has 0 bridgehead atoms. The van der Waals surface area contributed by atoms with E-state index < -0.39 is 17.9 Å². The van der Waals surface area contributed by atoms with Gasteiger partial charge in [0, 0.05) is 5.56 Å². The molecule has 0 aromatic heterocycles. The lowest BCUT2D eigenvalue weighted by atomic mass is 10.1. The maximum atomic E-state index is 12.0. The van der Waals surface area contributed by atoms with Gasteiger partial charge in [-0.3, -0.25) is 14.5 Å². The van der Waals surface area contributed by atoms with Crippen molar-refractivity contribution in [3.05, 3.63) is 34.7 Å². The van der Waals surface area contributed by atoms with Gasteiger partial charge in [-0.2, -0.15) is 0 Å². The second-order valence-corrected chi connectivity index (χ2v) is 3.80. The fraction of sp³-hybridized carbons (Fsp3) is 0.333. The van der Waals surface area contributed by atoms with Crippen molar-refractivity contribution in [2.45, 2.75) is 13.0 Å². The van der Waals surface area contributed by atoms with Crippen LogP contribution in [0, 0.1) is 4.91 Å². The van der Waals surface area contributed by atoms with Gasteiger partial charge < -0.3 is 4.74 Å². The summed E-state index contributed by atoms with van der Waals surface area (Å²) < 4.78 is 4.79. The second kappa shape index (κ2) is 4.95. The Labute approximate surface area is 104 Å². The van der Waals surface area contributed by atoms with Gasteiger partial charge in [-0.1, -0.05) is 23.4 Å². The number of amides is 1. The zero-order valence-corrected chi connectivity index (χ0v) is 9.83. The van der Waals surface area contributed by atoms with Gasteiger partial charge in [0.15, 0.2) is 6.04 Å². The van der Waals surface area contributed by atoms with Crippen LogP contribution in [0.5, 0.6) is 0 Å². The third-order valence-electron chi connectivity index (χ3n) is 2.72. The fourth-order valence-electron chi connectivity index (χ4n) is 1.96. The van der Waals surface area contributed by atoms with Gasteiger partial charge in [0.05, 0.1) is 12.3 Å². The van der Waals surface area contributed by atoms with E-state index in [2.05, 4.69) is 5.18 Å². The van der Waals surface area contributed by atoms with E-state index in [9.17, 15) is 14.5 Å². The highest BCUT2D eigenvalue weighted by Gasteiger charge is 2.39. The first-order valence-corrected chi connectivity index (χ1v) is 5.57. The molecule has 1 atom stereocenters. The number of nitroso groups, excluding NO2 is 1. The van der Waals surface area contributed by atoms with Gasteiger partial charge in [-0.25, -0.2) is 0 Å². The molecule has 1 heterocycles. The molecule has 0 fully saturated rings. The molecule has 1 aliphatic rings. The normalized spacial score (nSPS) is 17.5. The Morgan fingerprint density at radius 2 is 2.17 bits per heavy atom. The predicted molar refractivity (Wildman–Crippen MR) is 64.0 cm³/mol. The van der Waals surface area contributed by atoms with Gasteiger partial charge >= 0.3 is 5.97 Å². The van der Waals surface area contributed by atoms with E-state index in [0.717, 1.165) is 0 Å². The second-order valence-electron chi connectivity index (χ2n) is 3.80. The summed E-state index contributed by atoms with van der Waals surface area (Å²) in [6.45, 7) is 1.74. The van der Waals surface area contributed by atoms with Gasteiger partial charge in [-0.05, 0) is 13.0 Å². The fourth-order valence-corrected chi connectivity index (χ4v) is 1.96. The van der Waals surface area contributed by atoms with Gasteiger partial charge in [0.2, 0.25) is 0 Å². The molecule has 6 nitrogen and oxygen atoms in total. The molecule has 2 rings (SSSR count). The third-order valence-corrected chi connectivity index (χ3v) is 2.72. The summed E-state index contributed by atoms with van der Waals surface area (Å²) in [6, 6.07) is 5.73. The highest BCUT2D eigenvalue weighted by molar-refractivity contribution is 6.07. The maximum Gasteiger partial charge on any atom is 0.326 e. The first-order valence-electron chi connectivity index (χ1n) is 5.57. The number of nitrogens with zero attached hydrogens (tertiary/aromatic N) is 2. The van der Waals surface area contributed by atoms with Gasteiger partial charge in [-0.15, -0.1) is 4.91 Å². The van der Waals surface area contributed by atoms with E-state index in [-0.39, 0.29) is 13.2 Å². The third kappa shape index (κ3) is 1.97. The SMILES string of the molecule is CCOC(=O)CN1C(=O)C(N=O)c2ccccc21. The summed E-state index contributed by atoms with van der Waals surface area (Å²) in [5.74, 6) is -0.994. The molecule has 0 saturated carbocycles. The molecule has 1 amide bonds. The van der Waals surface area contributed by atoms with Crippen LogP contribution in [0.1, 0.15) is 18.5 Å². The maximum absolute atomic E-state index is 12.0. The number of carbonyl (C=O) groups is 2. The minimum atomic E-state index is -1.06. The molecule has 0 saturated heterocycles. The van der Waals surface area contributed by atoms with Gasteiger partial charge in [0.1, 0.15) is 6.54 Å². The molecule has 1 aromatic carbocycles. The molecule has 1 unspecified atom stereocenters. The molecule has 0 aliphatic carbocycles. The Bertz CT molecular complexity index is 501. The summed E-state index contributed by atoms with van der Waals surface area (Å²) in [5, 5.41) is 2.82. The van der Waals surface area contributed by atoms with Crippen molar-refractivity contribution < 1.29 is 14.3 Å². The van der Waals surface area contributed by atoms with E-state index in [0.29, 0.717) is 11.3 Å². The molecule has 0 radical (unpaired) electrons. The molecule has 0 N–H and O–H groups in total. The zero-order chi connectivity index (χ0) is 13.1. The minimum Gasteiger partial charge on any atom is -0.465 e. The van der Waals surface area contributed by atoms with E-state index in [4.69, 9.17) is 4.74 Å². The first-order chi connectivity index (χ1) is 8.69. The Morgan fingerprint density at radius 3 is 2.83 bits per heavy atom. The Balaban J connectivity index is 2.29. The number of ether oxygens (including phenoxy) is 1. The zero-order valence-electron chi connectivity index (χ0n) is 9.83. The lowest BCUT2D eigenvalue weighted by molar-refractivity contribution is -0.142. The summed E-state index contributed by atoms with van der Waals surface area (Å²) in [7, 11) is 0. The van der Waals surface area contributed by atoms with Crippen molar-refractivity contribution in [2.24, 2.45) is 5.18 Å². The average Bonchev–Trinajstić information content (AvgIpc) is 2.63. The Kier molecular flexibility index (Phi) is 3.36. The van der Waals surface area contributed by atoms with Crippen molar-refractivity contribution in [3.8, 4) is 0 Å². The topological polar surface area (TPSA) is 76.0 Å². The van der Waals surface area contributed by atoms with E-state index in [1.165, 1.54) is 4.90 Å². The molecule has 94 valence electrons. The molecule has 6 heteroatoms. The van der Waals surface area contributed by atoms with Crippen molar-refractivity contribution in [2.75, 3.05) is 18.1 Å². The molecular weight excluding hydrogens is 236 g/mol. The number of fused-ring (bicyclic) bond motifs is 1. The van der Waals surface area contributed by atoms with Crippen LogP contribution in [-0.2, 0) is 14.3 Å². The van der Waals surface area contributed by atoms with E-state index in [1.54, 1.807) is 31.2 Å². The lowest BCUT2D eigenvalue weighted by Crippen LogP contribution is -2.34. The standard InChI is InChI=1S/C12H12N2O4/c1-2-18-10(15)7-14-9-6-4-3-5-8(9)11(13-17)12(14)16/h3-6,11H,2,7H2,1H3. The molecule has 18 heavy (non-hydrogen) atoms. The molecule has 1 aliphatic heterocycles.